The molecule has 33 heavy (non-hydrogen) atoms. The molecule has 4 rings (SSSR count). The second-order valence-corrected chi connectivity index (χ2v) is 7.94. The van der Waals surface area contributed by atoms with Gasteiger partial charge in [0.05, 0.1) is 24.0 Å². The minimum atomic E-state index is -1.08. The van der Waals surface area contributed by atoms with Gasteiger partial charge in [0.25, 0.3) is 5.91 Å². The molecule has 3 aromatic rings. The number of para-hydroxylation sites is 3. The number of rotatable bonds is 7. The van der Waals surface area contributed by atoms with Gasteiger partial charge in [-0.25, -0.2) is 4.79 Å². The molecule has 1 aliphatic heterocycles. The monoisotopic (exact) mass is 445 g/mol. The maximum absolute atomic E-state index is 12.6. The van der Waals surface area contributed by atoms with Crippen LogP contribution < -0.4 is 15.0 Å². The number of nitrogens with zero attached hydrogens (tertiary/aromatic N) is 2. The van der Waals surface area contributed by atoms with Gasteiger partial charge in [-0.05, 0) is 42.0 Å². The zero-order chi connectivity index (χ0) is 23.2. The Balaban J connectivity index is 1.33. The van der Waals surface area contributed by atoms with Gasteiger partial charge in [-0.2, -0.15) is 0 Å². The van der Waals surface area contributed by atoms with Gasteiger partial charge in [-0.1, -0.05) is 36.4 Å². The van der Waals surface area contributed by atoms with Gasteiger partial charge in [-0.3, -0.25) is 9.69 Å². The summed E-state index contributed by atoms with van der Waals surface area (Å²) in [6.07, 6.45) is 0. The van der Waals surface area contributed by atoms with E-state index in [1.165, 1.54) is 6.07 Å². The molecule has 3 aromatic carbocycles. The molecular weight excluding hydrogens is 418 g/mol. The highest BCUT2D eigenvalue weighted by atomic mass is 16.5. The molecule has 1 heterocycles. The average molecular weight is 446 g/mol. The zero-order valence-corrected chi connectivity index (χ0v) is 18.5. The lowest BCUT2D eigenvalue weighted by Gasteiger charge is -2.36. The van der Waals surface area contributed by atoms with Crippen LogP contribution in [0.1, 0.15) is 26.3 Å². The molecule has 0 aliphatic carbocycles. The van der Waals surface area contributed by atoms with Gasteiger partial charge < -0.3 is 20.1 Å². The van der Waals surface area contributed by atoms with E-state index in [0.29, 0.717) is 5.56 Å². The van der Waals surface area contributed by atoms with E-state index in [1.54, 1.807) is 37.4 Å². The van der Waals surface area contributed by atoms with Crippen LogP contribution in [0.3, 0.4) is 0 Å². The van der Waals surface area contributed by atoms with Crippen LogP contribution in [-0.4, -0.2) is 55.2 Å². The fourth-order valence-electron chi connectivity index (χ4n) is 4.03. The molecule has 7 heteroatoms. The summed E-state index contributed by atoms with van der Waals surface area (Å²) in [7, 11) is 1.70. The van der Waals surface area contributed by atoms with Crippen molar-refractivity contribution in [1.29, 1.82) is 0 Å². The van der Waals surface area contributed by atoms with E-state index in [-0.39, 0.29) is 17.2 Å². The number of carboxylic acids is 1. The minimum absolute atomic E-state index is 0.0646. The highest BCUT2D eigenvalue weighted by Crippen LogP contribution is 2.28. The van der Waals surface area contributed by atoms with Crippen LogP contribution in [0.25, 0.3) is 0 Å². The predicted molar refractivity (Wildman–Crippen MR) is 128 cm³/mol. The van der Waals surface area contributed by atoms with Gasteiger partial charge in [0.2, 0.25) is 0 Å². The Labute approximate surface area is 193 Å². The Bertz CT molecular complexity index is 1120. The number of ether oxygens (including phenoxy) is 1. The van der Waals surface area contributed by atoms with Gasteiger partial charge in [0, 0.05) is 38.3 Å². The third-order valence-electron chi connectivity index (χ3n) is 5.83. The lowest BCUT2D eigenvalue weighted by Crippen LogP contribution is -2.46. The van der Waals surface area contributed by atoms with E-state index in [4.69, 9.17) is 4.74 Å². The first-order valence-electron chi connectivity index (χ1n) is 10.9. The second-order valence-electron chi connectivity index (χ2n) is 7.94. The Kier molecular flexibility index (Phi) is 6.90. The van der Waals surface area contributed by atoms with E-state index in [2.05, 4.69) is 21.2 Å². The summed E-state index contributed by atoms with van der Waals surface area (Å²) in [6.45, 7) is 4.52. The number of benzene rings is 3. The number of carboxylic acid groups (broad SMARTS) is 1. The van der Waals surface area contributed by atoms with E-state index < -0.39 is 5.97 Å². The van der Waals surface area contributed by atoms with Gasteiger partial charge in [0.1, 0.15) is 5.75 Å². The number of hydrogen-bond acceptors (Lipinski definition) is 5. The van der Waals surface area contributed by atoms with Crippen molar-refractivity contribution in [3.05, 3.63) is 89.5 Å². The first-order chi connectivity index (χ1) is 16.0. The number of anilines is 2. The smallest absolute Gasteiger partial charge is 0.337 e. The summed E-state index contributed by atoms with van der Waals surface area (Å²) in [5, 5.41) is 12.0. The summed E-state index contributed by atoms with van der Waals surface area (Å²) in [5.74, 6) is -0.515. The zero-order valence-electron chi connectivity index (χ0n) is 18.5. The Morgan fingerprint density at radius 1 is 0.909 bits per heavy atom. The van der Waals surface area contributed by atoms with Crippen LogP contribution in [0.4, 0.5) is 11.4 Å². The van der Waals surface area contributed by atoms with Crippen molar-refractivity contribution >= 4 is 23.3 Å². The largest absolute Gasteiger partial charge is 0.495 e. The van der Waals surface area contributed by atoms with Crippen molar-refractivity contribution in [3.8, 4) is 5.75 Å². The average Bonchev–Trinajstić information content (AvgIpc) is 2.85. The second kappa shape index (κ2) is 10.2. The molecule has 170 valence electrons. The van der Waals surface area contributed by atoms with Crippen LogP contribution in [0.15, 0.2) is 72.8 Å². The van der Waals surface area contributed by atoms with Gasteiger partial charge >= 0.3 is 5.97 Å². The fraction of sp³-hybridized carbons (Fsp3) is 0.231. The molecule has 0 unspecified atom stereocenters. The van der Waals surface area contributed by atoms with Crippen LogP contribution in [-0.2, 0) is 6.54 Å². The summed E-state index contributed by atoms with van der Waals surface area (Å²) >= 11 is 0. The summed E-state index contributed by atoms with van der Waals surface area (Å²) < 4.78 is 5.49. The van der Waals surface area contributed by atoms with Crippen molar-refractivity contribution in [2.45, 2.75) is 6.54 Å². The minimum Gasteiger partial charge on any atom is -0.495 e. The maximum atomic E-state index is 12.6. The number of methoxy groups -OCH3 is 1. The molecule has 0 saturated carbocycles. The van der Waals surface area contributed by atoms with E-state index in [1.807, 2.05) is 30.3 Å². The normalized spacial score (nSPS) is 14.0. The lowest BCUT2D eigenvalue weighted by molar-refractivity contribution is 0.0698. The highest BCUT2D eigenvalue weighted by Gasteiger charge is 2.20. The van der Waals surface area contributed by atoms with E-state index in [0.717, 1.165) is 49.7 Å². The van der Waals surface area contributed by atoms with Crippen LogP contribution in [0.5, 0.6) is 5.75 Å². The van der Waals surface area contributed by atoms with Crippen molar-refractivity contribution in [1.82, 2.24) is 4.90 Å². The summed E-state index contributed by atoms with van der Waals surface area (Å²) in [6, 6.07) is 21.9. The summed E-state index contributed by atoms with van der Waals surface area (Å²) in [5.41, 5.74) is 3.09. The van der Waals surface area contributed by atoms with Crippen LogP contribution >= 0.6 is 0 Å². The molecule has 0 atom stereocenters. The lowest BCUT2D eigenvalue weighted by atomic mass is 10.1. The first kappa shape index (κ1) is 22.4. The molecule has 1 saturated heterocycles. The molecule has 1 amide bonds. The predicted octanol–water partition coefficient (Wildman–Crippen LogP) is 3.97. The molecule has 0 radical (unpaired) electrons. The third-order valence-corrected chi connectivity index (χ3v) is 5.83. The molecular formula is C26H27N3O4. The number of hydrogen-bond donors (Lipinski definition) is 2. The quantitative estimate of drug-likeness (QED) is 0.573. The molecule has 0 bridgehead atoms. The first-order valence-corrected chi connectivity index (χ1v) is 10.9. The fourth-order valence-corrected chi connectivity index (χ4v) is 4.03. The van der Waals surface area contributed by atoms with Crippen molar-refractivity contribution in [2.75, 3.05) is 43.5 Å². The number of nitrogens with one attached hydrogen (secondary N) is 1. The Morgan fingerprint density at radius 2 is 1.58 bits per heavy atom. The Hall–Kier alpha value is -3.84. The van der Waals surface area contributed by atoms with Crippen molar-refractivity contribution in [2.24, 2.45) is 0 Å². The molecule has 1 aliphatic rings. The molecule has 1 fully saturated rings. The summed E-state index contributed by atoms with van der Waals surface area (Å²) in [4.78, 5) is 28.7. The third kappa shape index (κ3) is 5.32. The SMILES string of the molecule is COc1ccccc1N1CCN(Cc2ccc(C(=O)Nc3ccccc3C(=O)O)cc2)CC1. The molecule has 7 nitrogen and oxygen atoms in total. The maximum Gasteiger partial charge on any atom is 0.337 e. The molecule has 0 aromatic heterocycles. The topological polar surface area (TPSA) is 82.1 Å². The number of amides is 1. The van der Waals surface area contributed by atoms with E-state index in [9.17, 15) is 14.7 Å². The standard InChI is InChI=1S/C26H27N3O4/c1-33-24-9-5-4-8-23(24)29-16-14-28(15-17-29)18-19-10-12-20(13-11-19)25(30)27-22-7-3-2-6-21(22)26(31)32/h2-13H,14-18H2,1H3,(H,27,30)(H,31,32). The number of carbonyl (C=O) groups excluding carboxylic acids is 1. The number of piperazine rings is 1. The van der Waals surface area contributed by atoms with Crippen molar-refractivity contribution in [3.63, 3.8) is 0 Å². The van der Waals surface area contributed by atoms with Crippen LogP contribution in [0.2, 0.25) is 0 Å². The van der Waals surface area contributed by atoms with Gasteiger partial charge in [0.15, 0.2) is 0 Å². The number of carbonyl (C=O) groups is 2. The van der Waals surface area contributed by atoms with Crippen molar-refractivity contribution < 1.29 is 19.4 Å². The molecule has 2 N–H and O–H groups in total. The molecule has 0 spiro atoms. The highest BCUT2D eigenvalue weighted by molar-refractivity contribution is 6.07. The Morgan fingerprint density at radius 3 is 2.27 bits per heavy atom. The van der Waals surface area contributed by atoms with Gasteiger partial charge in [-0.15, -0.1) is 0 Å². The van der Waals surface area contributed by atoms with E-state index >= 15 is 0 Å². The number of aromatic carboxylic acids is 1. The van der Waals surface area contributed by atoms with Crippen LogP contribution in [0, 0.1) is 0 Å².